The van der Waals surface area contributed by atoms with Gasteiger partial charge in [-0.15, -0.1) is 0 Å². The van der Waals surface area contributed by atoms with Gasteiger partial charge in [-0.25, -0.2) is 9.78 Å². The first-order valence-corrected chi connectivity index (χ1v) is 10.1. The van der Waals surface area contributed by atoms with Crippen LogP contribution in [0.2, 0.25) is 0 Å². The Bertz CT molecular complexity index is 754. The molecule has 3 fully saturated rings. The Morgan fingerprint density at radius 3 is 2.43 bits per heavy atom. The molecule has 1 aromatic rings. The molecule has 0 bridgehead atoms. The normalized spacial score (nSPS) is 22.3. The van der Waals surface area contributed by atoms with E-state index in [-0.39, 0.29) is 24.4 Å². The average Bonchev–Trinajstić information content (AvgIpc) is 2.91. The summed E-state index contributed by atoms with van der Waals surface area (Å²) in [6, 6.07) is 5.44. The number of amides is 4. The number of likely N-dealkylation sites (N-methyl/N-ethyl adjacent to an activating group) is 1. The molecule has 0 radical (unpaired) electrons. The number of nitrogens with zero attached hydrogens (tertiary/aromatic N) is 5. The van der Waals surface area contributed by atoms with Crippen molar-refractivity contribution in [1.29, 1.82) is 0 Å². The summed E-state index contributed by atoms with van der Waals surface area (Å²) < 4.78 is 0. The van der Waals surface area contributed by atoms with Crippen LogP contribution in [0.1, 0.15) is 32.1 Å². The van der Waals surface area contributed by atoms with Crippen LogP contribution in [0.3, 0.4) is 0 Å². The van der Waals surface area contributed by atoms with E-state index < -0.39 is 5.54 Å². The highest BCUT2D eigenvalue weighted by Gasteiger charge is 2.56. The predicted molar refractivity (Wildman–Crippen MR) is 104 cm³/mol. The monoisotopic (exact) mass is 385 g/mol. The number of hydrogen-bond acceptors (Lipinski definition) is 5. The van der Waals surface area contributed by atoms with Gasteiger partial charge in [0.05, 0.1) is 0 Å². The van der Waals surface area contributed by atoms with Crippen LogP contribution in [0.25, 0.3) is 0 Å². The van der Waals surface area contributed by atoms with E-state index in [0.29, 0.717) is 39.0 Å². The molecular formula is C20H27N5O3. The second-order valence-corrected chi connectivity index (χ2v) is 7.88. The highest BCUT2D eigenvalue weighted by Crippen LogP contribution is 2.39. The van der Waals surface area contributed by atoms with Crippen LogP contribution in [0.15, 0.2) is 24.4 Å². The van der Waals surface area contributed by atoms with Crippen LogP contribution < -0.4 is 4.90 Å². The van der Waals surface area contributed by atoms with E-state index in [1.54, 1.807) is 23.0 Å². The lowest BCUT2D eigenvalue weighted by molar-refractivity contribution is -0.140. The molecule has 8 heteroatoms. The first-order chi connectivity index (χ1) is 13.5. The van der Waals surface area contributed by atoms with Gasteiger partial charge in [0, 0.05) is 39.4 Å². The van der Waals surface area contributed by atoms with E-state index in [0.717, 1.165) is 25.1 Å². The standard InChI is InChI=1S/C20H27N5O3/c1-22-19(28)25(18(27)20(22)8-4-2-5-9-20)15-17(26)24-13-11-23(12-14-24)16-7-3-6-10-21-16/h3,6-7,10H,2,4-5,8-9,11-15H2,1H3. The summed E-state index contributed by atoms with van der Waals surface area (Å²) in [5.41, 5.74) is -0.729. The second kappa shape index (κ2) is 7.41. The van der Waals surface area contributed by atoms with Gasteiger partial charge in [-0.05, 0) is 25.0 Å². The third-order valence-electron chi connectivity index (χ3n) is 6.38. The molecule has 1 aromatic heterocycles. The van der Waals surface area contributed by atoms with Crippen LogP contribution >= 0.6 is 0 Å². The Balaban J connectivity index is 1.38. The summed E-state index contributed by atoms with van der Waals surface area (Å²) in [5, 5.41) is 0. The number of carbonyl (C=O) groups is 3. The number of urea groups is 1. The molecule has 28 heavy (non-hydrogen) atoms. The summed E-state index contributed by atoms with van der Waals surface area (Å²) in [7, 11) is 1.70. The molecule has 2 aliphatic heterocycles. The molecule has 1 aliphatic carbocycles. The largest absolute Gasteiger partial charge is 0.353 e. The van der Waals surface area contributed by atoms with Gasteiger partial charge < -0.3 is 14.7 Å². The van der Waals surface area contributed by atoms with Crippen LogP contribution in [-0.2, 0) is 9.59 Å². The first kappa shape index (κ1) is 18.7. The second-order valence-electron chi connectivity index (χ2n) is 7.88. The molecule has 0 atom stereocenters. The molecule has 4 amide bonds. The maximum atomic E-state index is 13.0. The summed E-state index contributed by atoms with van der Waals surface area (Å²) in [6.07, 6.45) is 6.13. The molecule has 1 saturated carbocycles. The highest BCUT2D eigenvalue weighted by atomic mass is 16.2. The van der Waals surface area contributed by atoms with E-state index in [1.165, 1.54) is 4.90 Å². The molecule has 0 aromatic carbocycles. The van der Waals surface area contributed by atoms with E-state index in [1.807, 2.05) is 18.2 Å². The molecular weight excluding hydrogens is 358 g/mol. The number of rotatable bonds is 3. The van der Waals surface area contributed by atoms with Crippen molar-refractivity contribution < 1.29 is 14.4 Å². The van der Waals surface area contributed by atoms with E-state index >= 15 is 0 Å². The molecule has 2 saturated heterocycles. The van der Waals surface area contributed by atoms with Crippen molar-refractivity contribution in [3.63, 3.8) is 0 Å². The smallest absolute Gasteiger partial charge is 0.327 e. The quantitative estimate of drug-likeness (QED) is 0.734. The number of piperazine rings is 1. The molecule has 0 unspecified atom stereocenters. The summed E-state index contributed by atoms with van der Waals surface area (Å²) in [5.74, 6) is 0.546. The maximum Gasteiger partial charge on any atom is 0.327 e. The highest BCUT2D eigenvalue weighted by molar-refractivity contribution is 6.08. The Kier molecular flexibility index (Phi) is 4.95. The van der Waals surface area contributed by atoms with Gasteiger partial charge in [0.25, 0.3) is 5.91 Å². The topological polar surface area (TPSA) is 77.1 Å². The van der Waals surface area contributed by atoms with Crippen LogP contribution in [-0.4, -0.2) is 82.8 Å². The minimum atomic E-state index is -0.729. The maximum absolute atomic E-state index is 13.0. The van der Waals surface area contributed by atoms with Crippen LogP contribution in [0, 0.1) is 0 Å². The fraction of sp³-hybridized carbons (Fsp3) is 0.600. The Labute approximate surface area is 165 Å². The van der Waals surface area contributed by atoms with Gasteiger partial charge in [-0.3, -0.25) is 14.5 Å². The van der Waals surface area contributed by atoms with Crippen molar-refractivity contribution in [2.75, 3.05) is 44.7 Å². The van der Waals surface area contributed by atoms with Crippen molar-refractivity contribution in [3.05, 3.63) is 24.4 Å². The van der Waals surface area contributed by atoms with Gasteiger partial charge in [0.2, 0.25) is 5.91 Å². The zero-order chi connectivity index (χ0) is 19.7. The SMILES string of the molecule is CN1C(=O)N(CC(=O)N2CCN(c3ccccn3)CC2)C(=O)C12CCCCC2. The molecule has 150 valence electrons. The lowest BCUT2D eigenvalue weighted by atomic mass is 9.81. The minimum Gasteiger partial charge on any atom is -0.353 e. The van der Waals surface area contributed by atoms with Gasteiger partial charge >= 0.3 is 6.03 Å². The number of anilines is 1. The summed E-state index contributed by atoms with van der Waals surface area (Å²) >= 11 is 0. The number of pyridine rings is 1. The Morgan fingerprint density at radius 2 is 1.79 bits per heavy atom. The third-order valence-corrected chi connectivity index (χ3v) is 6.38. The lowest BCUT2D eigenvalue weighted by Gasteiger charge is -2.36. The van der Waals surface area contributed by atoms with Gasteiger partial charge in [0.15, 0.2) is 0 Å². The van der Waals surface area contributed by atoms with E-state index in [2.05, 4.69) is 9.88 Å². The minimum absolute atomic E-state index is 0.159. The van der Waals surface area contributed by atoms with Gasteiger partial charge in [0.1, 0.15) is 17.9 Å². The van der Waals surface area contributed by atoms with Crippen molar-refractivity contribution in [2.24, 2.45) is 0 Å². The zero-order valence-electron chi connectivity index (χ0n) is 16.3. The number of hydrogen-bond donors (Lipinski definition) is 0. The van der Waals surface area contributed by atoms with Gasteiger partial charge in [-0.2, -0.15) is 0 Å². The van der Waals surface area contributed by atoms with Crippen molar-refractivity contribution in [3.8, 4) is 0 Å². The Hall–Kier alpha value is -2.64. The molecule has 8 nitrogen and oxygen atoms in total. The average molecular weight is 385 g/mol. The fourth-order valence-electron chi connectivity index (χ4n) is 4.63. The van der Waals surface area contributed by atoms with E-state index in [4.69, 9.17) is 0 Å². The zero-order valence-corrected chi connectivity index (χ0v) is 16.3. The summed E-state index contributed by atoms with van der Waals surface area (Å²) in [6.45, 7) is 2.34. The predicted octanol–water partition coefficient (Wildman–Crippen LogP) is 1.33. The summed E-state index contributed by atoms with van der Waals surface area (Å²) in [4.78, 5) is 49.5. The number of imide groups is 1. The molecule has 1 spiro atoms. The fourth-order valence-corrected chi connectivity index (χ4v) is 4.63. The number of carbonyl (C=O) groups excluding carboxylic acids is 3. The number of aromatic nitrogens is 1. The van der Waals surface area contributed by atoms with E-state index in [9.17, 15) is 14.4 Å². The molecule has 3 heterocycles. The molecule has 0 N–H and O–H groups in total. The Morgan fingerprint density at radius 1 is 1.07 bits per heavy atom. The lowest BCUT2D eigenvalue weighted by Crippen LogP contribution is -2.52. The molecule has 4 rings (SSSR count). The van der Waals surface area contributed by atoms with Crippen LogP contribution in [0.4, 0.5) is 10.6 Å². The third kappa shape index (κ3) is 3.10. The van der Waals surface area contributed by atoms with Crippen LogP contribution in [0.5, 0.6) is 0 Å². The van der Waals surface area contributed by atoms with Crippen molar-refractivity contribution >= 4 is 23.7 Å². The van der Waals surface area contributed by atoms with Gasteiger partial charge in [-0.1, -0.05) is 25.3 Å². The van der Waals surface area contributed by atoms with Crippen molar-refractivity contribution in [2.45, 2.75) is 37.6 Å². The molecule has 3 aliphatic rings. The first-order valence-electron chi connectivity index (χ1n) is 10.1. The van der Waals surface area contributed by atoms with Crippen molar-refractivity contribution in [1.82, 2.24) is 19.7 Å².